The molecular weight excluding hydrogens is 399 g/mol. The second kappa shape index (κ2) is 7.69. The maximum atomic E-state index is 13.3. The van der Waals surface area contributed by atoms with Crippen molar-refractivity contribution in [3.63, 3.8) is 0 Å². The third-order valence-electron chi connectivity index (χ3n) is 4.09. The molecule has 0 saturated heterocycles. The number of hydrogen-bond acceptors (Lipinski definition) is 3. The average Bonchev–Trinajstić information content (AvgIpc) is 3.12. The Hall–Kier alpha value is -2.40. The van der Waals surface area contributed by atoms with E-state index in [1.54, 1.807) is 35.2 Å². The number of aromatic nitrogens is 1. The van der Waals surface area contributed by atoms with Crippen LogP contribution in [0.1, 0.15) is 15.9 Å². The Morgan fingerprint density at radius 1 is 0.963 bits per heavy atom. The molecule has 3 aromatic carbocycles. The van der Waals surface area contributed by atoms with Crippen molar-refractivity contribution in [1.29, 1.82) is 0 Å². The van der Waals surface area contributed by atoms with Gasteiger partial charge in [-0.05, 0) is 35.9 Å². The molecule has 0 radical (unpaired) electrons. The van der Waals surface area contributed by atoms with Gasteiger partial charge in [-0.2, -0.15) is 0 Å². The van der Waals surface area contributed by atoms with E-state index in [-0.39, 0.29) is 5.91 Å². The number of hydrogen-bond donors (Lipinski definition) is 0. The Morgan fingerprint density at radius 3 is 2.48 bits per heavy atom. The summed E-state index contributed by atoms with van der Waals surface area (Å²) in [6.45, 7) is 0.406. The first-order valence-corrected chi connectivity index (χ1v) is 9.85. The van der Waals surface area contributed by atoms with Crippen molar-refractivity contribution in [3.8, 4) is 0 Å². The van der Waals surface area contributed by atoms with E-state index >= 15 is 0 Å². The second-order valence-corrected chi connectivity index (χ2v) is 7.82. The lowest BCUT2D eigenvalue weighted by molar-refractivity contribution is 0.0985. The fourth-order valence-corrected chi connectivity index (χ4v) is 4.24. The summed E-state index contributed by atoms with van der Waals surface area (Å²) in [6.07, 6.45) is 0. The van der Waals surface area contributed by atoms with Crippen molar-refractivity contribution < 1.29 is 4.79 Å². The third-order valence-corrected chi connectivity index (χ3v) is 5.67. The topological polar surface area (TPSA) is 33.2 Å². The monoisotopic (exact) mass is 412 g/mol. The van der Waals surface area contributed by atoms with Gasteiger partial charge in [-0.1, -0.05) is 77.0 Å². The van der Waals surface area contributed by atoms with Crippen LogP contribution in [-0.4, -0.2) is 10.9 Å². The first kappa shape index (κ1) is 18.0. The number of halogens is 2. The molecule has 3 nitrogen and oxygen atoms in total. The van der Waals surface area contributed by atoms with Gasteiger partial charge in [-0.3, -0.25) is 9.69 Å². The van der Waals surface area contributed by atoms with Gasteiger partial charge in [0.15, 0.2) is 5.13 Å². The molecule has 4 aromatic rings. The summed E-state index contributed by atoms with van der Waals surface area (Å²) in [5.41, 5.74) is 2.23. The fraction of sp³-hybridized carbons (Fsp3) is 0.0476. The standard InChI is InChI=1S/C21H14Cl2N2OS/c22-16-9-4-8-15(12-16)20(26)25(13-14-6-2-1-3-7-14)21-24-19-17(23)10-5-11-18(19)27-21/h1-12H,13H2. The summed E-state index contributed by atoms with van der Waals surface area (Å²) >= 11 is 13.8. The summed E-state index contributed by atoms with van der Waals surface area (Å²) in [4.78, 5) is 19.6. The van der Waals surface area contributed by atoms with Crippen LogP contribution in [0.25, 0.3) is 10.2 Å². The zero-order valence-electron chi connectivity index (χ0n) is 14.1. The van der Waals surface area contributed by atoms with Gasteiger partial charge in [0, 0.05) is 10.6 Å². The molecule has 6 heteroatoms. The first-order chi connectivity index (χ1) is 13.1. The van der Waals surface area contributed by atoms with E-state index < -0.39 is 0 Å². The highest BCUT2D eigenvalue weighted by Gasteiger charge is 2.22. The van der Waals surface area contributed by atoms with Crippen molar-refractivity contribution in [2.24, 2.45) is 0 Å². The summed E-state index contributed by atoms with van der Waals surface area (Å²) in [5, 5.41) is 1.70. The van der Waals surface area contributed by atoms with Gasteiger partial charge in [0.2, 0.25) is 0 Å². The molecule has 0 bridgehead atoms. The third kappa shape index (κ3) is 3.83. The van der Waals surface area contributed by atoms with E-state index in [9.17, 15) is 4.79 Å². The highest BCUT2D eigenvalue weighted by atomic mass is 35.5. The van der Waals surface area contributed by atoms with E-state index in [0.29, 0.717) is 32.8 Å². The van der Waals surface area contributed by atoms with Crippen molar-refractivity contribution in [3.05, 3.63) is 94.0 Å². The Balaban J connectivity index is 1.79. The molecule has 0 aliphatic rings. The van der Waals surface area contributed by atoms with Crippen molar-refractivity contribution in [2.75, 3.05) is 4.90 Å². The number of anilines is 1. The summed E-state index contributed by atoms with van der Waals surface area (Å²) in [6, 6.07) is 22.4. The quantitative estimate of drug-likeness (QED) is 0.385. The Kier molecular flexibility index (Phi) is 5.12. The first-order valence-electron chi connectivity index (χ1n) is 8.28. The molecule has 0 fully saturated rings. The number of amides is 1. The van der Waals surface area contributed by atoms with Crippen LogP contribution < -0.4 is 4.90 Å². The highest BCUT2D eigenvalue weighted by molar-refractivity contribution is 7.22. The van der Waals surface area contributed by atoms with Crippen LogP contribution in [0.15, 0.2) is 72.8 Å². The number of fused-ring (bicyclic) bond motifs is 1. The number of nitrogens with zero attached hydrogens (tertiary/aromatic N) is 2. The highest BCUT2D eigenvalue weighted by Crippen LogP contribution is 2.34. The number of carbonyl (C=O) groups excluding carboxylic acids is 1. The minimum atomic E-state index is -0.156. The molecule has 0 spiro atoms. The van der Waals surface area contributed by atoms with Gasteiger partial charge in [0.25, 0.3) is 5.91 Å². The van der Waals surface area contributed by atoms with Crippen molar-refractivity contribution in [1.82, 2.24) is 4.98 Å². The molecule has 0 N–H and O–H groups in total. The number of para-hydroxylation sites is 1. The van der Waals surface area contributed by atoms with Crippen LogP contribution in [0, 0.1) is 0 Å². The minimum Gasteiger partial charge on any atom is -0.279 e. The van der Waals surface area contributed by atoms with Crippen LogP contribution in [0.5, 0.6) is 0 Å². The van der Waals surface area contributed by atoms with Crippen LogP contribution in [0.2, 0.25) is 10.0 Å². The predicted molar refractivity (Wildman–Crippen MR) is 113 cm³/mol. The van der Waals surface area contributed by atoms with E-state index in [2.05, 4.69) is 4.98 Å². The SMILES string of the molecule is O=C(c1cccc(Cl)c1)N(Cc1ccccc1)c1nc2c(Cl)cccc2s1. The number of thiazole rings is 1. The molecular formula is C21H14Cl2N2OS. The summed E-state index contributed by atoms with van der Waals surface area (Å²) < 4.78 is 0.939. The van der Waals surface area contributed by atoms with Gasteiger partial charge in [-0.15, -0.1) is 0 Å². The molecule has 1 amide bonds. The lowest BCUT2D eigenvalue weighted by Gasteiger charge is -2.20. The molecule has 134 valence electrons. The molecule has 4 rings (SSSR count). The molecule has 27 heavy (non-hydrogen) atoms. The Bertz CT molecular complexity index is 1110. The average molecular weight is 413 g/mol. The van der Waals surface area contributed by atoms with Crippen LogP contribution in [-0.2, 0) is 6.54 Å². The predicted octanol–water partition coefficient (Wildman–Crippen LogP) is 6.45. The summed E-state index contributed by atoms with van der Waals surface area (Å²) in [5.74, 6) is -0.156. The van der Waals surface area contributed by atoms with Gasteiger partial charge in [0.05, 0.1) is 16.3 Å². The van der Waals surface area contributed by atoms with Crippen LogP contribution >= 0.6 is 34.5 Å². The van der Waals surface area contributed by atoms with E-state index in [0.717, 1.165) is 10.3 Å². The molecule has 1 heterocycles. The lowest BCUT2D eigenvalue weighted by atomic mass is 10.1. The maximum Gasteiger partial charge on any atom is 0.260 e. The zero-order valence-corrected chi connectivity index (χ0v) is 16.4. The van der Waals surface area contributed by atoms with E-state index in [4.69, 9.17) is 23.2 Å². The fourth-order valence-electron chi connectivity index (χ4n) is 2.79. The second-order valence-electron chi connectivity index (χ2n) is 5.97. The van der Waals surface area contributed by atoms with Crippen LogP contribution in [0.4, 0.5) is 5.13 Å². The Morgan fingerprint density at radius 2 is 1.74 bits per heavy atom. The van der Waals surface area contributed by atoms with E-state index in [1.165, 1.54) is 11.3 Å². The van der Waals surface area contributed by atoms with Gasteiger partial charge >= 0.3 is 0 Å². The van der Waals surface area contributed by atoms with Crippen molar-refractivity contribution in [2.45, 2.75) is 6.54 Å². The summed E-state index contributed by atoms with van der Waals surface area (Å²) in [7, 11) is 0. The molecule has 0 saturated carbocycles. The number of carbonyl (C=O) groups is 1. The lowest BCUT2D eigenvalue weighted by Crippen LogP contribution is -2.30. The molecule has 1 aromatic heterocycles. The largest absolute Gasteiger partial charge is 0.279 e. The number of benzene rings is 3. The smallest absolute Gasteiger partial charge is 0.260 e. The molecule has 0 aliphatic heterocycles. The molecule has 0 atom stereocenters. The normalized spacial score (nSPS) is 10.9. The minimum absolute atomic E-state index is 0.156. The van der Waals surface area contributed by atoms with Gasteiger partial charge in [0.1, 0.15) is 5.52 Å². The van der Waals surface area contributed by atoms with Gasteiger partial charge in [-0.25, -0.2) is 4.98 Å². The maximum absolute atomic E-state index is 13.3. The zero-order chi connectivity index (χ0) is 18.8. The Labute approximate surface area is 170 Å². The van der Waals surface area contributed by atoms with E-state index in [1.807, 2.05) is 42.5 Å². The molecule has 0 unspecified atom stereocenters. The van der Waals surface area contributed by atoms with Gasteiger partial charge < -0.3 is 0 Å². The number of rotatable bonds is 4. The van der Waals surface area contributed by atoms with Crippen molar-refractivity contribution >= 4 is 55.8 Å². The van der Waals surface area contributed by atoms with Crippen LogP contribution in [0.3, 0.4) is 0 Å². The molecule has 0 aliphatic carbocycles.